The number of aliphatic carboxylic acids is 1. The Kier molecular flexibility index (Phi) is 9.46. The van der Waals surface area contributed by atoms with Crippen molar-refractivity contribution in [2.75, 3.05) is 5.32 Å². The molecule has 15 heteroatoms. The molecule has 15 nitrogen and oxygen atoms in total. The van der Waals surface area contributed by atoms with Crippen LogP contribution in [0.25, 0.3) is 17.1 Å². The number of nitrogens with one attached hydrogen (secondary N) is 2. The fraction of sp³-hybridized carbons (Fsp3) is 0.333. The van der Waals surface area contributed by atoms with E-state index >= 15 is 0 Å². The summed E-state index contributed by atoms with van der Waals surface area (Å²) in [5, 5.41) is 47.2. The second kappa shape index (κ2) is 13.8. The smallest absolute Gasteiger partial charge is 0.305 e. The number of benzene rings is 2. The summed E-state index contributed by atoms with van der Waals surface area (Å²) < 4.78 is 4.69. The molecule has 4 aromatic rings. The number of rotatable bonds is 14. The highest BCUT2D eigenvalue weighted by Gasteiger charge is 2.39. The first kappa shape index (κ1) is 30.8. The number of aldehydes is 1. The highest BCUT2D eigenvalue weighted by Crippen LogP contribution is 2.28. The molecule has 3 N–H and O–H groups in total. The number of aromatic nitrogens is 5. The number of fused-ring (bicyclic) bond motifs is 3. The minimum Gasteiger partial charge on any atom is -0.692 e. The summed E-state index contributed by atoms with van der Waals surface area (Å²) in [6.07, 6.45) is 4.60. The minimum atomic E-state index is -1.15. The van der Waals surface area contributed by atoms with Crippen LogP contribution in [0.5, 0.6) is 0 Å². The van der Waals surface area contributed by atoms with Crippen LogP contribution < -0.4 is 20.4 Å². The molecule has 0 bridgehead atoms. The highest BCUT2D eigenvalue weighted by atomic mass is 16.8. The number of aryl methyl sites for hydroxylation is 1. The van der Waals surface area contributed by atoms with E-state index in [2.05, 4.69) is 25.5 Å². The summed E-state index contributed by atoms with van der Waals surface area (Å²) in [4.78, 5) is 49.0. The second-order valence-electron chi connectivity index (χ2n) is 10.7. The molecule has 234 valence electrons. The van der Waals surface area contributed by atoms with Gasteiger partial charge in [0.25, 0.3) is 5.91 Å². The monoisotopic (exact) mass is 617 g/mol. The van der Waals surface area contributed by atoms with Crippen LogP contribution in [-0.2, 0) is 33.6 Å². The van der Waals surface area contributed by atoms with Crippen LogP contribution in [0, 0.1) is 10.4 Å². The van der Waals surface area contributed by atoms with Gasteiger partial charge >= 0.3 is 17.4 Å². The lowest BCUT2D eigenvalue weighted by Crippen LogP contribution is -2.42. The zero-order valence-electron chi connectivity index (χ0n) is 24.2. The highest BCUT2D eigenvalue weighted by molar-refractivity contribution is 6.06. The van der Waals surface area contributed by atoms with Crippen LogP contribution in [0.1, 0.15) is 65.8 Å². The first-order chi connectivity index (χ1) is 21.7. The Labute approximate surface area is 256 Å². The molecule has 5 rings (SSSR count). The molecule has 45 heavy (non-hydrogen) atoms. The van der Waals surface area contributed by atoms with Gasteiger partial charge in [-0.1, -0.05) is 37.1 Å². The SMILES string of the molecule is O=C[C@H](CC(=O)O)NC(=O)CCCCCCc1cccc(NC(=O)c2ccccc2-n2nc3c([n+]2[O-])CCc2c-3no[n+]2[O-])c1. The van der Waals surface area contributed by atoms with Crippen LogP contribution in [0.3, 0.4) is 0 Å². The topological polar surface area (TPSA) is 210 Å². The molecule has 0 saturated heterocycles. The van der Waals surface area contributed by atoms with Crippen molar-refractivity contribution in [2.45, 2.75) is 63.8 Å². The van der Waals surface area contributed by atoms with Gasteiger partial charge in [-0.3, -0.25) is 19.0 Å². The largest absolute Gasteiger partial charge is 0.692 e. The third kappa shape index (κ3) is 7.14. The van der Waals surface area contributed by atoms with Crippen LogP contribution >= 0.6 is 0 Å². The van der Waals surface area contributed by atoms with E-state index in [0.29, 0.717) is 39.5 Å². The van der Waals surface area contributed by atoms with Gasteiger partial charge in [0, 0.05) is 24.9 Å². The van der Waals surface area contributed by atoms with Gasteiger partial charge < -0.3 is 30.9 Å². The van der Waals surface area contributed by atoms with Crippen LogP contribution in [0.15, 0.2) is 53.2 Å². The maximum Gasteiger partial charge on any atom is 0.305 e. The predicted molar refractivity (Wildman–Crippen MR) is 156 cm³/mol. The molecular weight excluding hydrogens is 586 g/mol. The molecule has 2 aromatic carbocycles. The molecule has 0 saturated carbocycles. The number of carbonyl (C=O) groups excluding carboxylic acids is 3. The Balaban J connectivity index is 1.16. The Hall–Kier alpha value is -5.60. The molecule has 1 atom stereocenters. The summed E-state index contributed by atoms with van der Waals surface area (Å²) in [5.74, 6) is -1.94. The summed E-state index contributed by atoms with van der Waals surface area (Å²) in [5.41, 5.74) is 3.13. The first-order valence-electron chi connectivity index (χ1n) is 14.5. The van der Waals surface area contributed by atoms with Crippen molar-refractivity contribution < 1.29 is 38.7 Å². The van der Waals surface area contributed by atoms with Gasteiger partial charge in [-0.25, -0.2) is 0 Å². The number of para-hydroxylation sites is 1. The molecule has 0 aliphatic heterocycles. The van der Waals surface area contributed by atoms with E-state index < -0.39 is 24.3 Å². The fourth-order valence-electron chi connectivity index (χ4n) is 5.25. The van der Waals surface area contributed by atoms with Crippen molar-refractivity contribution in [2.24, 2.45) is 0 Å². The lowest BCUT2D eigenvalue weighted by atomic mass is 10.0. The van der Waals surface area contributed by atoms with E-state index in [-0.39, 0.29) is 47.8 Å². The average molecular weight is 618 g/mol. The van der Waals surface area contributed by atoms with Gasteiger partial charge in [0.15, 0.2) is 5.69 Å². The number of carbonyl (C=O) groups is 4. The van der Waals surface area contributed by atoms with Crippen molar-refractivity contribution in [3.63, 3.8) is 0 Å². The van der Waals surface area contributed by atoms with Crippen LogP contribution in [0.2, 0.25) is 0 Å². The van der Waals surface area contributed by atoms with Gasteiger partial charge in [-0.05, 0) is 58.8 Å². The maximum atomic E-state index is 13.4. The number of carboxylic acids is 1. The Morgan fingerprint density at radius 3 is 2.60 bits per heavy atom. The number of hydrogen-bond donors (Lipinski definition) is 3. The van der Waals surface area contributed by atoms with Crippen molar-refractivity contribution in [1.82, 2.24) is 20.4 Å². The van der Waals surface area contributed by atoms with Gasteiger partial charge in [-0.15, -0.1) is 4.85 Å². The molecule has 0 fully saturated rings. The Morgan fingerprint density at radius 2 is 1.80 bits per heavy atom. The number of unbranched alkanes of at least 4 members (excludes halogenated alkanes) is 3. The van der Waals surface area contributed by atoms with Crippen molar-refractivity contribution in [3.8, 4) is 17.1 Å². The molecular formula is C30H31N7O8. The normalized spacial score (nSPS) is 12.5. The number of carboxylic acid groups (broad SMARTS) is 1. The lowest BCUT2D eigenvalue weighted by Gasteiger charge is -2.12. The summed E-state index contributed by atoms with van der Waals surface area (Å²) in [7, 11) is 0. The number of amides is 2. The van der Waals surface area contributed by atoms with Gasteiger partial charge in [0.1, 0.15) is 12.0 Å². The molecule has 1 aliphatic rings. The van der Waals surface area contributed by atoms with Crippen LogP contribution in [-0.4, -0.2) is 50.3 Å². The molecule has 2 amide bonds. The lowest BCUT2D eigenvalue weighted by molar-refractivity contribution is -0.808. The van der Waals surface area contributed by atoms with Gasteiger partial charge in [0.05, 0.1) is 28.3 Å². The van der Waals surface area contributed by atoms with Crippen molar-refractivity contribution >= 4 is 29.8 Å². The molecule has 2 heterocycles. The zero-order chi connectivity index (χ0) is 31.9. The standard InChI is InChI=1S/C30H31N7O8/c38-18-21(17-27(40)41)31-26(39)13-4-2-1-3-8-19-9-7-10-20(16-19)32-30(42)22-11-5-6-12-23(22)35-33-28-24(36(35)43)14-15-25-29(28)34-45-37(25)44/h5-7,9-12,16,18,21H,1-4,8,13-15,17H2,(H,31,39)(H,32,42)(H,40,41)/t21-/m0/s1. The minimum absolute atomic E-state index is 0.208. The fourth-order valence-corrected chi connectivity index (χ4v) is 5.25. The van der Waals surface area contributed by atoms with Crippen LogP contribution in [0.4, 0.5) is 5.69 Å². The number of hydrogen-bond acceptors (Lipinski definition) is 9. The third-order valence-corrected chi connectivity index (χ3v) is 7.47. The van der Waals surface area contributed by atoms with Gasteiger partial charge in [0.2, 0.25) is 11.6 Å². The number of nitrogens with zero attached hydrogens (tertiary/aromatic N) is 5. The maximum absolute atomic E-state index is 13.4. The Bertz CT molecular complexity index is 1730. The predicted octanol–water partition coefficient (Wildman–Crippen LogP) is 1.80. The molecule has 0 radical (unpaired) electrons. The summed E-state index contributed by atoms with van der Waals surface area (Å²) in [6, 6.07) is 13.0. The molecule has 0 spiro atoms. The summed E-state index contributed by atoms with van der Waals surface area (Å²) in [6.45, 7) is 0. The van der Waals surface area contributed by atoms with E-state index in [9.17, 15) is 29.6 Å². The second-order valence-corrected chi connectivity index (χ2v) is 10.7. The van der Waals surface area contributed by atoms with Crippen molar-refractivity contribution in [1.29, 1.82) is 0 Å². The third-order valence-electron chi connectivity index (χ3n) is 7.47. The quantitative estimate of drug-likeness (QED) is 0.0808. The van der Waals surface area contributed by atoms with E-state index in [1.165, 1.54) is 0 Å². The Morgan fingerprint density at radius 1 is 1.02 bits per heavy atom. The van der Waals surface area contributed by atoms with E-state index in [0.717, 1.165) is 36.0 Å². The van der Waals surface area contributed by atoms with E-state index in [1.807, 2.05) is 18.2 Å². The van der Waals surface area contributed by atoms with Gasteiger partial charge in [-0.2, -0.15) is 0 Å². The van der Waals surface area contributed by atoms with Crippen molar-refractivity contribution in [3.05, 3.63) is 81.5 Å². The average Bonchev–Trinajstić information content (AvgIpc) is 3.57. The van der Waals surface area contributed by atoms with E-state index in [4.69, 9.17) is 5.11 Å². The zero-order valence-corrected chi connectivity index (χ0v) is 24.2. The first-order valence-corrected chi connectivity index (χ1v) is 14.5. The summed E-state index contributed by atoms with van der Waals surface area (Å²) >= 11 is 0. The molecule has 0 unspecified atom stereocenters. The molecule has 1 aliphatic carbocycles. The number of anilines is 1. The van der Waals surface area contributed by atoms with E-state index in [1.54, 1.807) is 30.3 Å². The molecule has 2 aromatic heterocycles.